The highest BCUT2D eigenvalue weighted by atomic mass is 32.2. The molecule has 146 valence electrons. The summed E-state index contributed by atoms with van der Waals surface area (Å²) >= 11 is 1.22. The Kier molecular flexibility index (Phi) is 6.12. The van der Waals surface area contributed by atoms with Crippen molar-refractivity contribution < 1.29 is 13.2 Å². The molecule has 1 N–H and O–H groups in total. The SMILES string of the molecule is C[C@@H]1CCCCN1S(=O)(=O)c1ccc(NC(=O)CSc2nnnn2C)cc1. The van der Waals surface area contributed by atoms with Crippen molar-refractivity contribution in [3.05, 3.63) is 24.3 Å². The Morgan fingerprint density at radius 3 is 2.67 bits per heavy atom. The largest absolute Gasteiger partial charge is 0.325 e. The summed E-state index contributed by atoms with van der Waals surface area (Å²) in [6.45, 7) is 2.49. The van der Waals surface area contributed by atoms with Crippen LogP contribution in [0.4, 0.5) is 5.69 Å². The van der Waals surface area contributed by atoms with E-state index in [4.69, 9.17) is 0 Å². The first-order valence-electron chi connectivity index (χ1n) is 8.65. The summed E-state index contributed by atoms with van der Waals surface area (Å²) in [5.74, 6) is -0.0669. The van der Waals surface area contributed by atoms with Gasteiger partial charge in [0, 0.05) is 25.3 Å². The Hall–Kier alpha value is -1.98. The third kappa shape index (κ3) is 4.66. The van der Waals surface area contributed by atoms with Gasteiger partial charge in [0.15, 0.2) is 0 Å². The number of nitrogens with one attached hydrogen (secondary N) is 1. The molecule has 1 amide bonds. The fourth-order valence-corrected chi connectivity index (χ4v) is 5.29. The molecule has 2 heterocycles. The molecule has 0 aliphatic carbocycles. The zero-order chi connectivity index (χ0) is 19.4. The molecule has 11 heteroatoms. The number of thioether (sulfide) groups is 1. The Morgan fingerprint density at radius 1 is 1.30 bits per heavy atom. The average molecular weight is 411 g/mol. The Bertz CT molecular complexity index is 897. The van der Waals surface area contributed by atoms with Gasteiger partial charge in [-0.05, 0) is 54.5 Å². The summed E-state index contributed by atoms with van der Waals surface area (Å²) in [4.78, 5) is 12.3. The molecule has 1 aromatic heterocycles. The molecule has 2 aromatic rings. The van der Waals surface area contributed by atoms with E-state index in [1.165, 1.54) is 28.6 Å². The van der Waals surface area contributed by atoms with Gasteiger partial charge in [0.1, 0.15) is 0 Å². The van der Waals surface area contributed by atoms with Crippen LogP contribution in [-0.4, -0.2) is 57.2 Å². The van der Waals surface area contributed by atoms with Crippen LogP contribution in [0.2, 0.25) is 0 Å². The molecule has 1 saturated heterocycles. The van der Waals surface area contributed by atoms with Gasteiger partial charge in [0.25, 0.3) is 0 Å². The van der Waals surface area contributed by atoms with Gasteiger partial charge >= 0.3 is 0 Å². The van der Waals surface area contributed by atoms with Crippen molar-refractivity contribution in [2.75, 3.05) is 17.6 Å². The fraction of sp³-hybridized carbons (Fsp3) is 0.500. The smallest absolute Gasteiger partial charge is 0.243 e. The molecule has 1 aromatic carbocycles. The number of aryl methyl sites for hydroxylation is 1. The molecule has 9 nitrogen and oxygen atoms in total. The van der Waals surface area contributed by atoms with E-state index in [1.807, 2.05) is 6.92 Å². The van der Waals surface area contributed by atoms with Crippen molar-refractivity contribution in [2.45, 2.75) is 42.3 Å². The maximum atomic E-state index is 12.8. The van der Waals surface area contributed by atoms with E-state index in [0.29, 0.717) is 17.4 Å². The lowest BCUT2D eigenvalue weighted by molar-refractivity contribution is -0.113. The molecule has 1 aliphatic rings. The topological polar surface area (TPSA) is 110 Å². The van der Waals surface area contributed by atoms with Crippen LogP contribution < -0.4 is 5.32 Å². The molecule has 0 bridgehead atoms. The average Bonchev–Trinajstić information content (AvgIpc) is 3.05. The first-order valence-corrected chi connectivity index (χ1v) is 11.1. The van der Waals surface area contributed by atoms with Crippen LogP contribution in [0.25, 0.3) is 0 Å². The minimum absolute atomic E-state index is 0.00950. The predicted octanol–water partition coefficient (Wildman–Crippen LogP) is 1.50. The van der Waals surface area contributed by atoms with Gasteiger partial charge in [-0.15, -0.1) is 5.10 Å². The van der Waals surface area contributed by atoms with Crippen molar-refractivity contribution >= 4 is 33.4 Å². The zero-order valence-electron chi connectivity index (χ0n) is 15.2. The maximum absolute atomic E-state index is 12.8. The predicted molar refractivity (Wildman–Crippen MR) is 102 cm³/mol. The number of hydrogen-bond acceptors (Lipinski definition) is 7. The van der Waals surface area contributed by atoms with E-state index in [9.17, 15) is 13.2 Å². The molecule has 1 aliphatic heterocycles. The molecule has 0 spiro atoms. The fourth-order valence-electron chi connectivity index (χ4n) is 2.95. The van der Waals surface area contributed by atoms with E-state index in [1.54, 1.807) is 23.5 Å². The normalized spacial score (nSPS) is 18.4. The number of piperidine rings is 1. The van der Waals surface area contributed by atoms with E-state index < -0.39 is 10.0 Å². The Morgan fingerprint density at radius 2 is 2.04 bits per heavy atom. The van der Waals surface area contributed by atoms with Crippen molar-refractivity contribution in [1.29, 1.82) is 0 Å². The highest BCUT2D eigenvalue weighted by Gasteiger charge is 2.30. The molecule has 1 fully saturated rings. The zero-order valence-corrected chi connectivity index (χ0v) is 16.8. The second-order valence-electron chi connectivity index (χ2n) is 6.41. The van der Waals surface area contributed by atoms with Crippen LogP contribution in [0.5, 0.6) is 0 Å². The maximum Gasteiger partial charge on any atom is 0.243 e. The summed E-state index contributed by atoms with van der Waals surface area (Å²) in [7, 11) is -1.81. The molecule has 0 saturated carbocycles. The number of aromatic nitrogens is 4. The molecule has 1 atom stereocenters. The standard InChI is InChI=1S/C16H22N6O3S2/c1-12-5-3-4-10-22(12)27(24,25)14-8-6-13(7-9-14)17-15(23)11-26-16-18-19-20-21(16)2/h6-9,12H,3-5,10-11H2,1-2H3,(H,17,23)/t12-/m1/s1. The molecular weight excluding hydrogens is 388 g/mol. The summed E-state index contributed by atoms with van der Waals surface area (Å²) in [5, 5.41) is 14.3. The van der Waals surface area contributed by atoms with Crippen LogP contribution in [-0.2, 0) is 21.9 Å². The van der Waals surface area contributed by atoms with Gasteiger partial charge in [-0.2, -0.15) is 4.31 Å². The van der Waals surface area contributed by atoms with E-state index in [2.05, 4.69) is 20.8 Å². The van der Waals surface area contributed by atoms with E-state index in [0.717, 1.165) is 19.3 Å². The minimum atomic E-state index is -3.51. The van der Waals surface area contributed by atoms with Crippen LogP contribution >= 0.6 is 11.8 Å². The third-order valence-electron chi connectivity index (χ3n) is 4.40. The molecular formula is C16H22N6O3S2. The van der Waals surface area contributed by atoms with Crippen LogP contribution in [0.15, 0.2) is 34.3 Å². The van der Waals surface area contributed by atoms with Crippen molar-refractivity contribution in [2.24, 2.45) is 7.05 Å². The summed E-state index contributed by atoms with van der Waals surface area (Å²) < 4.78 is 28.7. The van der Waals surface area contributed by atoms with Gasteiger partial charge in [-0.25, -0.2) is 13.1 Å². The number of rotatable bonds is 6. The Labute approximate surface area is 162 Å². The lowest BCUT2D eigenvalue weighted by Gasteiger charge is -2.32. The van der Waals surface area contributed by atoms with E-state index in [-0.39, 0.29) is 22.6 Å². The number of sulfonamides is 1. The van der Waals surface area contributed by atoms with Gasteiger partial charge in [0.05, 0.1) is 10.6 Å². The number of tetrazole rings is 1. The van der Waals surface area contributed by atoms with E-state index >= 15 is 0 Å². The highest BCUT2D eigenvalue weighted by Crippen LogP contribution is 2.26. The number of carbonyl (C=O) groups is 1. The minimum Gasteiger partial charge on any atom is -0.325 e. The van der Waals surface area contributed by atoms with Gasteiger partial charge in [-0.3, -0.25) is 4.79 Å². The number of hydrogen-bond donors (Lipinski definition) is 1. The molecule has 3 rings (SSSR count). The second-order valence-corrected chi connectivity index (χ2v) is 9.24. The number of nitrogens with zero attached hydrogens (tertiary/aromatic N) is 5. The van der Waals surface area contributed by atoms with Crippen LogP contribution in [0.3, 0.4) is 0 Å². The second kappa shape index (κ2) is 8.36. The van der Waals surface area contributed by atoms with Crippen LogP contribution in [0, 0.1) is 0 Å². The summed E-state index contributed by atoms with van der Waals surface area (Å²) in [6, 6.07) is 6.29. The van der Waals surface area contributed by atoms with Gasteiger partial charge in [-0.1, -0.05) is 18.2 Å². The number of carbonyl (C=O) groups excluding carboxylic acids is 1. The molecule has 27 heavy (non-hydrogen) atoms. The van der Waals surface area contributed by atoms with Gasteiger partial charge < -0.3 is 5.32 Å². The van der Waals surface area contributed by atoms with Crippen molar-refractivity contribution in [3.63, 3.8) is 0 Å². The monoisotopic (exact) mass is 410 g/mol. The Balaban J connectivity index is 1.61. The lowest BCUT2D eigenvalue weighted by Crippen LogP contribution is -2.41. The molecule has 0 unspecified atom stereocenters. The number of benzene rings is 1. The summed E-state index contributed by atoms with van der Waals surface area (Å²) in [5.41, 5.74) is 0.544. The molecule has 0 radical (unpaired) electrons. The first kappa shape index (κ1) is 19.8. The third-order valence-corrected chi connectivity index (χ3v) is 7.44. The quantitative estimate of drug-likeness (QED) is 0.719. The first-order chi connectivity index (χ1) is 12.9. The van der Waals surface area contributed by atoms with Crippen molar-refractivity contribution in [3.8, 4) is 0 Å². The lowest BCUT2D eigenvalue weighted by atomic mass is 10.1. The number of amides is 1. The number of anilines is 1. The highest BCUT2D eigenvalue weighted by molar-refractivity contribution is 7.99. The van der Waals surface area contributed by atoms with Crippen molar-refractivity contribution in [1.82, 2.24) is 24.5 Å². The summed E-state index contributed by atoms with van der Waals surface area (Å²) in [6.07, 6.45) is 2.82. The van der Waals surface area contributed by atoms with Crippen LogP contribution in [0.1, 0.15) is 26.2 Å². The van der Waals surface area contributed by atoms with Gasteiger partial charge in [0.2, 0.25) is 21.1 Å².